The molecule has 2 saturated heterocycles. The molecule has 2 aliphatic heterocycles. The van der Waals surface area contributed by atoms with E-state index in [1.165, 1.54) is 18.4 Å². The van der Waals surface area contributed by atoms with Gasteiger partial charge in [0.25, 0.3) is 0 Å². The molecule has 0 unspecified atom stereocenters. The van der Waals surface area contributed by atoms with Gasteiger partial charge in [0.1, 0.15) is 6.61 Å². The van der Waals surface area contributed by atoms with Crippen LogP contribution < -0.4 is 0 Å². The van der Waals surface area contributed by atoms with Gasteiger partial charge in [0.05, 0.1) is 11.6 Å². The van der Waals surface area contributed by atoms with Crippen molar-refractivity contribution in [2.45, 2.75) is 50.8 Å². The Morgan fingerprint density at radius 1 is 1.33 bits per heavy atom. The molecule has 1 amide bonds. The number of hydrogen-bond acceptors (Lipinski definition) is 4. The molecule has 1 aliphatic carbocycles. The van der Waals surface area contributed by atoms with Crippen molar-refractivity contribution in [3.63, 3.8) is 0 Å². The number of pyridine rings is 1. The third-order valence-corrected chi connectivity index (χ3v) is 6.02. The molecule has 5 heteroatoms. The van der Waals surface area contributed by atoms with Gasteiger partial charge in [0.2, 0.25) is 5.91 Å². The summed E-state index contributed by atoms with van der Waals surface area (Å²) in [4.78, 5) is 21.1. The van der Waals surface area contributed by atoms with Gasteiger partial charge in [-0.2, -0.15) is 0 Å². The van der Waals surface area contributed by atoms with Crippen LogP contribution in [0.4, 0.5) is 0 Å². The molecule has 3 heterocycles. The van der Waals surface area contributed by atoms with E-state index >= 15 is 0 Å². The van der Waals surface area contributed by atoms with Gasteiger partial charge in [-0.15, -0.1) is 0 Å². The van der Waals surface area contributed by atoms with Gasteiger partial charge in [-0.3, -0.25) is 14.7 Å². The van der Waals surface area contributed by atoms with Crippen molar-refractivity contribution in [2.75, 3.05) is 26.2 Å². The minimum absolute atomic E-state index is 0.145. The first-order valence-corrected chi connectivity index (χ1v) is 9.21. The minimum atomic E-state index is -0.145. The van der Waals surface area contributed by atoms with E-state index in [2.05, 4.69) is 27.8 Å². The highest BCUT2D eigenvalue weighted by Crippen LogP contribution is 2.38. The van der Waals surface area contributed by atoms with E-state index in [9.17, 15) is 4.79 Å². The third kappa shape index (κ3) is 3.20. The quantitative estimate of drug-likeness (QED) is 0.848. The molecule has 24 heavy (non-hydrogen) atoms. The van der Waals surface area contributed by atoms with E-state index in [1.54, 1.807) is 0 Å². The van der Waals surface area contributed by atoms with Crippen molar-refractivity contribution < 1.29 is 9.53 Å². The number of carbonyl (C=O) groups is 1. The summed E-state index contributed by atoms with van der Waals surface area (Å²) in [5.74, 6) is 0.912. The maximum atomic E-state index is 12.3. The summed E-state index contributed by atoms with van der Waals surface area (Å²) in [6.07, 6.45) is 8.33. The van der Waals surface area contributed by atoms with Crippen LogP contribution in [0.1, 0.15) is 38.2 Å². The van der Waals surface area contributed by atoms with Gasteiger partial charge in [0, 0.05) is 38.6 Å². The molecular formula is C19H27N3O2. The van der Waals surface area contributed by atoms with Gasteiger partial charge in [0.15, 0.2) is 0 Å². The number of ether oxygens (including phenoxy) is 1. The van der Waals surface area contributed by atoms with Crippen LogP contribution in [0.5, 0.6) is 0 Å². The molecule has 0 N–H and O–H groups in total. The predicted molar refractivity (Wildman–Crippen MR) is 91.3 cm³/mol. The lowest BCUT2D eigenvalue weighted by Crippen LogP contribution is -2.64. The van der Waals surface area contributed by atoms with Crippen molar-refractivity contribution in [2.24, 2.45) is 5.92 Å². The summed E-state index contributed by atoms with van der Waals surface area (Å²) in [6, 6.07) is 4.32. The largest absolute Gasteiger partial charge is 0.363 e. The first-order chi connectivity index (χ1) is 11.7. The van der Waals surface area contributed by atoms with Gasteiger partial charge in [-0.25, -0.2) is 0 Å². The summed E-state index contributed by atoms with van der Waals surface area (Å²) in [5.41, 5.74) is 1.12. The van der Waals surface area contributed by atoms with E-state index in [-0.39, 0.29) is 24.2 Å². The fourth-order valence-electron chi connectivity index (χ4n) is 4.15. The highest BCUT2D eigenvalue weighted by atomic mass is 16.5. The lowest BCUT2D eigenvalue weighted by atomic mass is 9.82. The zero-order valence-corrected chi connectivity index (χ0v) is 14.5. The topological polar surface area (TPSA) is 45.7 Å². The molecule has 4 rings (SSSR count). The smallest absolute Gasteiger partial charge is 0.248 e. The number of piperidine rings is 1. The number of amides is 1. The summed E-state index contributed by atoms with van der Waals surface area (Å²) in [5, 5.41) is 0. The second-order valence-electron chi connectivity index (χ2n) is 7.66. The normalized spacial score (nSPS) is 27.6. The van der Waals surface area contributed by atoms with Crippen LogP contribution in [0.3, 0.4) is 0 Å². The SMILES string of the molecule is C[C@H]1N(CC2CC2)C(=O)COC12CCN(Cc1cccnc1)CC2. The minimum Gasteiger partial charge on any atom is -0.363 e. The zero-order chi connectivity index (χ0) is 16.6. The van der Waals surface area contributed by atoms with Crippen LogP contribution in [0.15, 0.2) is 24.5 Å². The first kappa shape index (κ1) is 16.0. The van der Waals surface area contributed by atoms with E-state index in [1.807, 2.05) is 18.5 Å². The Morgan fingerprint density at radius 2 is 2.12 bits per heavy atom. The van der Waals surface area contributed by atoms with Crippen LogP contribution in [0.25, 0.3) is 0 Å². The Hall–Kier alpha value is -1.46. The van der Waals surface area contributed by atoms with Crippen molar-refractivity contribution in [3.8, 4) is 0 Å². The predicted octanol–water partition coefficient (Wildman–Crippen LogP) is 2.07. The fourth-order valence-corrected chi connectivity index (χ4v) is 4.15. The number of hydrogen-bond donors (Lipinski definition) is 0. The number of morpholine rings is 1. The summed E-state index contributed by atoms with van der Waals surface area (Å²) >= 11 is 0. The van der Waals surface area contributed by atoms with Crippen molar-refractivity contribution >= 4 is 5.91 Å². The Kier molecular flexibility index (Phi) is 4.31. The fraction of sp³-hybridized carbons (Fsp3) is 0.684. The summed E-state index contributed by atoms with van der Waals surface area (Å²) < 4.78 is 6.13. The molecule has 1 spiro atoms. The Balaban J connectivity index is 1.38. The molecule has 1 aromatic rings. The van der Waals surface area contributed by atoms with Crippen molar-refractivity contribution in [1.82, 2.24) is 14.8 Å². The van der Waals surface area contributed by atoms with Gasteiger partial charge in [-0.05, 0) is 50.2 Å². The van der Waals surface area contributed by atoms with Crippen LogP contribution in [-0.4, -0.2) is 58.6 Å². The molecule has 3 aliphatic rings. The molecule has 3 fully saturated rings. The van der Waals surface area contributed by atoms with Gasteiger partial charge >= 0.3 is 0 Å². The zero-order valence-electron chi connectivity index (χ0n) is 14.5. The average Bonchev–Trinajstić information content (AvgIpc) is 3.42. The molecule has 0 radical (unpaired) electrons. The van der Waals surface area contributed by atoms with E-state index < -0.39 is 0 Å². The highest BCUT2D eigenvalue weighted by Gasteiger charge is 2.48. The number of carbonyl (C=O) groups excluding carboxylic acids is 1. The Labute approximate surface area is 144 Å². The molecule has 1 atom stereocenters. The van der Waals surface area contributed by atoms with Crippen molar-refractivity contribution in [1.29, 1.82) is 0 Å². The van der Waals surface area contributed by atoms with Crippen LogP contribution >= 0.6 is 0 Å². The highest BCUT2D eigenvalue weighted by molar-refractivity contribution is 5.78. The number of nitrogens with zero attached hydrogens (tertiary/aromatic N) is 3. The van der Waals surface area contributed by atoms with E-state index in [0.29, 0.717) is 0 Å². The standard InChI is InChI=1S/C19H27N3O2/c1-15-19(24-14-18(23)22(15)13-16-4-5-16)6-9-21(10-7-19)12-17-3-2-8-20-11-17/h2-3,8,11,15-16H,4-7,9-10,12-14H2,1H3/t15-/m1/s1. The van der Waals surface area contributed by atoms with Gasteiger partial charge < -0.3 is 9.64 Å². The van der Waals surface area contributed by atoms with Gasteiger partial charge in [-0.1, -0.05) is 6.07 Å². The first-order valence-electron chi connectivity index (χ1n) is 9.21. The van der Waals surface area contributed by atoms with Crippen LogP contribution in [0.2, 0.25) is 0 Å². The second-order valence-corrected chi connectivity index (χ2v) is 7.66. The van der Waals surface area contributed by atoms with E-state index in [4.69, 9.17) is 4.74 Å². The van der Waals surface area contributed by atoms with Crippen molar-refractivity contribution in [3.05, 3.63) is 30.1 Å². The number of aromatic nitrogens is 1. The maximum Gasteiger partial charge on any atom is 0.248 e. The lowest BCUT2D eigenvalue weighted by Gasteiger charge is -2.51. The van der Waals surface area contributed by atoms with Crippen LogP contribution in [-0.2, 0) is 16.1 Å². The second kappa shape index (κ2) is 6.45. The molecular weight excluding hydrogens is 302 g/mol. The molecule has 130 valence electrons. The van der Waals surface area contributed by atoms with Crippen LogP contribution in [0, 0.1) is 5.92 Å². The maximum absolute atomic E-state index is 12.3. The Bertz CT molecular complexity index is 580. The Morgan fingerprint density at radius 3 is 2.79 bits per heavy atom. The monoisotopic (exact) mass is 329 g/mol. The molecule has 0 bridgehead atoms. The third-order valence-electron chi connectivity index (χ3n) is 6.02. The number of rotatable bonds is 4. The lowest BCUT2D eigenvalue weighted by molar-refractivity contribution is -0.187. The molecule has 0 aromatic carbocycles. The molecule has 1 saturated carbocycles. The summed E-state index contributed by atoms with van der Waals surface area (Å²) in [6.45, 7) is 6.37. The number of likely N-dealkylation sites (tertiary alicyclic amines) is 1. The average molecular weight is 329 g/mol. The summed E-state index contributed by atoms with van der Waals surface area (Å²) in [7, 11) is 0. The molecule has 1 aromatic heterocycles. The van der Waals surface area contributed by atoms with E-state index in [0.717, 1.165) is 44.9 Å². The molecule has 5 nitrogen and oxygen atoms in total.